The van der Waals surface area contributed by atoms with E-state index in [0.717, 1.165) is 5.56 Å². The standard InChI is InChI=1S/C13H11BrO/c14-13(9-5-2-6-10-13)12(15)11-7-3-1-4-8-11/h1-9H,10H2. The summed E-state index contributed by atoms with van der Waals surface area (Å²) in [4.78, 5) is 12.2. The molecule has 0 aliphatic heterocycles. The van der Waals surface area contributed by atoms with Crippen LogP contribution in [0, 0.1) is 0 Å². The molecule has 2 heteroatoms. The van der Waals surface area contributed by atoms with Crippen molar-refractivity contribution >= 4 is 21.7 Å². The summed E-state index contributed by atoms with van der Waals surface area (Å²) >= 11 is 3.51. The van der Waals surface area contributed by atoms with E-state index in [1.807, 2.05) is 54.6 Å². The molecule has 1 atom stereocenters. The average Bonchev–Trinajstić information content (AvgIpc) is 2.30. The van der Waals surface area contributed by atoms with Gasteiger partial charge in [-0.25, -0.2) is 0 Å². The van der Waals surface area contributed by atoms with Gasteiger partial charge in [0, 0.05) is 5.56 Å². The monoisotopic (exact) mass is 262 g/mol. The Morgan fingerprint density at radius 1 is 1.20 bits per heavy atom. The van der Waals surface area contributed by atoms with E-state index in [9.17, 15) is 4.79 Å². The maximum absolute atomic E-state index is 12.2. The minimum atomic E-state index is -0.552. The Hall–Kier alpha value is -1.15. The van der Waals surface area contributed by atoms with Crippen molar-refractivity contribution < 1.29 is 4.79 Å². The predicted octanol–water partition coefficient (Wildman–Crippen LogP) is 3.52. The molecule has 0 heterocycles. The summed E-state index contributed by atoms with van der Waals surface area (Å²) in [7, 11) is 0. The van der Waals surface area contributed by atoms with Gasteiger partial charge in [-0.05, 0) is 6.42 Å². The van der Waals surface area contributed by atoms with Crippen LogP contribution >= 0.6 is 15.9 Å². The Labute approximate surface area is 97.6 Å². The number of benzene rings is 1. The molecule has 0 aromatic heterocycles. The number of allylic oxidation sites excluding steroid dienone is 4. The largest absolute Gasteiger partial charge is 0.292 e. The van der Waals surface area contributed by atoms with E-state index in [4.69, 9.17) is 0 Å². The van der Waals surface area contributed by atoms with Gasteiger partial charge in [0.15, 0.2) is 5.78 Å². The molecular formula is C13H11BrO. The van der Waals surface area contributed by atoms with Gasteiger partial charge in [0.05, 0.1) is 0 Å². The molecule has 1 aliphatic rings. The zero-order chi connectivity index (χ0) is 10.7. The summed E-state index contributed by atoms with van der Waals surface area (Å²) in [5, 5.41) is 0. The highest BCUT2D eigenvalue weighted by atomic mass is 79.9. The summed E-state index contributed by atoms with van der Waals surface area (Å²) in [6.07, 6.45) is 8.46. The van der Waals surface area contributed by atoms with Gasteiger partial charge in [0.25, 0.3) is 0 Å². The molecule has 1 aliphatic carbocycles. The van der Waals surface area contributed by atoms with Crippen molar-refractivity contribution in [3.8, 4) is 0 Å². The van der Waals surface area contributed by atoms with Gasteiger partial charge in [0.2, 0.25) is 0 Å². The molecule has 2 rings (SSSR count). The predicted molar refractivity (Wildman–Crippen MR) is 65.3 cm³/mol. The van der Waals surface area contributed by atoms with Gasteiger partial charge < -0.3 is 0 Å². The van der Waals surface area contributed by atoms with Crippen LogP contribution in [0.5, 0.6) is 0 Å². The molecule has 0 fully saturated rings. The lowest BCUT2D eigenvalue weighted by Crippen LogP contribution is -2.30. The number of rotatable bonds is 2. The van der Waals surface area contributed by atoms with Crippen LogP contribution in [0.1, 0.15) is 16.8 Å². The molecule has 1 nitrogen and oxygen atoms in total. The summed E-state index contributed by atoms with van der Waals surface area (Å²) in [6.45, 7) is 0. The molecule has 15 heavy (non-hydrogen) atoms. The zero-order valence-electron chi connectivity index (χ0n) is 8.19. The second-order valence-electron chi connectivity index (χ2n) is 3.55. The molecule has 0 bridgehead atoms. The van der Waals surface area contributed by atoms with Crippen LogP contribution in [0.25, 0.3) is 0 Å². The second-order valence-corrected chi connectivity index (χ2v) is 4.96. The third-order valence-electron chi connectivity index (χ3n) is 2.44. The number of ketones is 1. The highest BCUT2D eigenvalue weighted by Crippen LogP contribution is 2.31. The third-order valence-corrected chi connectivity index (χ3v) is 3.38. The van der Waals surface area contributed by atoms with Crippen LogP contribution in [0.3, 0.4) is 0 Å². The third kappa shape index (κ3) is 2.10. The lowest BCUT2D eigenvalue weighted by molar-refractivity contribution is 0.0966. The van der Waals surface area contributed by atoms with Crippen LogP contribution in [0.2, 0.25) is 0 Å². The smallest absolute Gasteiger partial charge is 0.183 e. The van der Waals surface area contributed by atoms with Crippen molar-refractivity contribution in [3.63, 3.8) is 0 Å². The number of Topliss-reactive ketones (excluding diaryl/α,β-unsaturated/α-hetero) is 1. The molecule has 0 saturated heterocycles. The highest BCUT2D eigenvalue weighted by Gasteiger charge is 2.32. The Morgan fingerprint density at radius 2 is 1.93 bits per heavy atom. The first kappa shape index (κ1) is 10.4. The molecular weight excluding hydrogens is 252 g/mol. The van der Waals surface area contributed by atoms with Crippen LogP contribution in [0.15, 0.2) is 54.6 Å². The minimum absolute atomic E-state index is 0.115. The topological polar surface area (TPSA) is 17.1 Å². The quantitative estimate of drug-likeness (QED) is 0.589. The van der Waals surface area contributed by atoms with E-state index in [1.165, 1.54) is 0 Å². The van der Waals surface area contributed by atoms with E-state index in [1.54, 1.807) is 0 Å². The molecule has 0 N–H and O–H groups in total. The summed E-state index contributed by atoms with van der Waals surface area (Å²) in [6, 6.07) is 9.36. The van der Waals surface area contributed by atoms with Crippen LogP contribution in [-0.4, -0.2) is 10.1 Å². The maximum Gasteiger partial charge on any atom is 0.183 e. The molecule has 76 valence electrons. The Kier molecular flexibility index (Phi) is 2.87. The first-order valence-corrected chi connectivity index (χ1v) is 5.65. The van der Waals surface area contributed by atoms with E-state index in [2.05, 4.69) is 15.9 Å². The average molecular weight is 263 g/mol. The van der Waals surface area contributed by atoms with Gasteiger partial charge in [-0.1, -0.05) is 70.6 Å². The normalized spacial score (nSPS) is 24.1. The Morgan fingerprint density at radius 3 is 2.53 bits per heavy atom. The van der Waals surface area contributed by atoms with Gasteiger partial charge in [-0.3, -0.25) is 4.79 Å². The summed E-state index contributed by atoms with van der Waals surface area (Å²) in [5.41, 5.74) is 0.745. The fraction of sp³-hybridized carbons (Fsp3) is 0.154. The number of hydrogen-bond donors (Lipinski definition) is 0. The highest BCUT2D eigenvalue weighted by molar-refractivity contribution is 9.10. The zero-order valence-corrected chi connectivity index (χ0v) is 9.78. The Bertz CT molecular complexity index is 419. The maximum atomic E-state index is 12.2. The van der Waals surface area contributed by atoms with E-state index < -0.39 is 4.32 Å². The molecule has 1 aromatic carbocycles. The number of hydrogen-bond acceptors (Lipinski definition) is 1. The van der Waals surface area contributed by atoms with Gasteiger partial charge in [-0.15, -0.1) is 0 Å². The van der Waals surface area contributed by atoms with Crippen LogP contribution in [-0.2, 0) is 0 Å². The van der Waals surface area contributed by atoms with Crippen LogP contribution < -0.4 is 0 Å². The fourth-order valence-corrected chi connectivity index (χ4v) is 2.16. The molecule has 0 radical (unpaired) electrons. The van der Waals surface area contributed by atoms with Gasteiger partial charge in [-0.2, -0.15) is 0 Å². The fourth-order valence-electron chi connectivity index (χ4n) is 1.59. The van der Waals surface area contributed by atoms with Crippen LogP contribution in [0.4, 0.5) is 0 Å². The number of carbonyl (C=O) groups excluding carboxylic acids is 1. The molecule has 0 amide bonds. The molecule has 0 spiro atoms. The van der Waals surface area contributed by atoms with Crippen molar-refractivity contribution in [1.29, 1.82) is 0 Å². The molecule has 0 saturated carbocycles. The second kappa shape index (κ2) is 4.15. The van der Waals surface area contributed by atoms with E-state index in [-0.39, 0.29) is 5.78 Å². The lowest BCUT2D eigenvalue weighted by atomic mass is 9.91. The van der Waals surface area contributed by atoms with E-state index >= 15 is 0 Å². The van der Waals surface area contributed by atoms with Crippen molar-refractivity contribution in [1.82, 2.24) is 0 Å². The number of carbonyl (C=O) groups is 1. The van der Waals surface area contributed by atoms with Crippen molar-refractivity contribution in [2.24, 2.45) is 0 Å². The lowest BCUT2D eigenvalue weighted by Gasteiger charge is -2.22. The van der Waals surface area contributed by atoms with E-state index in [0.29, 0.717) is 6.42 Å². The number of alkyl halides is 1. The van der Waals surface area contributed by atoms with Crippen molar-refractivity contribution in [3.05, 3.63) is 60.2 Å². The molecule has 1 unspecified atom stereocenters. The summed E-state index contributed by atoms with van der Waals surface area (Å²) < 4.78 is -0.552. The van der Waals surface area contributed by atoms with Crippen molar-refractivity contribution in [2.45, 2.75) is 10.7 Å². The Balaban J connectivity index is 2.29. The first-order valence-electron chi connectivity index (χ1n) is 4.85. The van der Waals surface area contributed by atoms with Crippen molar-refractivity contribution in [2.75, 3.05) is 0 Å². The SMILES string of the molecule is O=C(c1ccccc1)C1(Br)C=CC=CC1. The first-order chi connectivity index (χ1) is 7.22. The minimum Gasteiger partial charge on any atom is -0.292 e. The van der Waals surface area contributed by atoms with Gasteiger partial charge >= 0.3 is 0 Å². The number of halogens is 1. The molecule has 1 aromatic rings. The van der Waals surface area contributed by atoms with Gasteiger partial charge in [0.1, 0.15) is 4.32 Å². The summed E-state index contributed by atoms with van der Waals surface area (Å²) in [5.74, 6) is 0.115.